The molecule has 0 saturated heterocycles. The van der Waals surface area contributed by atoms with Gasteiger partial charge in [0.15, 0.2) is 0 Å². The van der Waals surface area contributed by atoms with Crippen LogP contribution in [0, 0.1) is 0 Å². The van der Waals surface area contributed by atoms with Crippen molar-refractivity contribution in [1.82, 2.24) is 0 Å². The van der Waals surface area contributed by atoms with E-state index in [-0.39, 0.29) is 0 Å². The third-order valence-electron chi connectivity index (χ3n) is 3.67. The first-order valence-corrected chi connectivity index (χ1v) is 7.33. The zero-order chi connectivity index (χ0) is 14.5. The average Bonchev–Trinajstić information content (AvgIpc) is 2.47. The number of anilines is 2. The zero-order valence-electron chi connectivity index (χ0n) is 12.0. The molecular formula is C17H21ClN2. The lowest BCUT2D eigenvalue weighted by molar-refractivity contribution is 0.662. The van der Waals surface area contributed by atoms with Crippen LogP contribution in [0.2, 0.25) is 5.02 Å². The molecule has 2 aromatic rings. The van der Waals surface area contributed by atoms with Crippen molar-refractivity contribution in [2.24, 2.45) is 0 Å². The van der Waals surface area contributed by atoms with Crippen molar-refractivity contribution in [3.63, 3.8) is 0 Å². The van der Waals surface area contributed by atoms with Crippen molar-refractivity contribution in [2.75, 3.05) is 18.1 Å². The maximum absolute atomic E-state index is 5.94. The monoisotopic (exact) mass is 288 g/mol. The van der Waals surface area contributed by atoms with E-state index in [1.54, 1.807) is 0 Å². The molecule has 2 nitrogen and oxygen atoms in total. The summed E-state index contributed by atoms with van der Waals surface area (Å²) in [5.41, 5.74) is 10.4. The number of hydrogen-bond donors (Lipinski definition) is 2. The van der Waals surface area contributed by atoms with Crippen LogP contribution >= 0.6 is 11.6 Å². The summed E-state index contributed by atoms with van der Waals surface area (Å²) in [6, 6.07) is 14.2. The van der Waals surface area contributed by atoms with Crippen molar-refractivity contribution in [1.29, 1.82) is 0 Å². The van der Waals surface area contributed by atoms with Gasteiger partial charge in [-0.1, -0.05) is 36.7 Å². The first-order chi connectivity index (χ1) is 9.63. The molecule has 3 N–H and O–H groups in total. The summed E-state index contributed by atoms with van der Waals surface area (Å²) in [5.74, 6) is 0.472. The van der Waals surface area contributed by atoms with E-state index in [1.807, 2.05) is 31.3 Å². The predicted octanol–water partition coefficient (Wildman–Crippen LogP) is 4.70. The van der Waals surface area contributed by atoms with Crippen LogP contribution in [-0.4, -0.2) is 7.05 Å². The van der Waals surface area contributed by atoms with Gasteiger partial charge in [0, 0.05) is 23.4 Å². The molecule has 2 rings (SSSR count). The number of benzene rings is 2. The molecule has 0 spiro atoms. The summed E-state index contributed by atoms with van der Waals surface area (Å²) in [7, 11) is 1.94. The Bertz CT molecular complexity index is 564. The zero-order valence-corrected chi connectivity index (χ0v) is 12.7. The van der Waals surface area contributed by atoms with Crippen LogP contribution in [0.25, 0.3) is 0 Å². The van der Waals surface area contributed by atoms with Crippen molar-refractivity contribution in [3.8, 4) is 0 Å². The molecule has 0 aromatic heterocycles. The van der Waals surface area contributed by atoms with Crippen molar-refractivity contribution < 1.29 is 0 Å². The topological polar surface area (TPSA) is 38.0 Å². The first-order valence-electron chi connectivity index (χ1n) is 6.95. The Kier molecular flexibility index (Phi) is 4.91. The van der Waals surface area contributed by atoms with Gasteiger partial charge in [-0.2, -0.15) is 0 Å². The second kappa shape index (κ2) is 6.67. The quantitative estimate of drug-likeness (QED) is 0.783. The van der Waals surface area contributed by atoms with Crippen LogP contribution in [-0.2, 0) is 6.42 Å². The Morgan fingerprint density at radius 3 is 2.45 bits per heavy atom. The van der Waals surface area contributed by atoms with E-state index in [0.717, 1.165) is 29.2 Å². The van der Waals surface area contributed by atoms with Gasteiger partial charge in [0.2, 0.25) is 0 Å². The molecular weight excluding hydrogens is 268 g/mol. The average molecular weight is 289 g/mol. The molecule has 1 unspecified atom stereocenters. The van der Waals surface area contributed by atoms with Crippen LogP contribution < -0.4 is 11.1 Å². The smallest absolute Gasteiger partial charge is 0.0406 e. The highest BCUT2D eigenvalue weighted by Gasteiger charge is 2.14. The minimum absolute atomic E-state index is 0.472. The predicted molar refractivity (Wildman–Crippen MR) is 88.6 cm³/mol. The number of nitrogens with one attached hydrogen (secondary N) is 1. The summed E-state index contributed by atoms with van der Waals surface area (Å²) >= 11 is 5.94. The maximum Gasteiger partial charge on any atom is 0.0406 e. The summed E-state index contributed by atoms with van der Waals surface area (Å²) in [5, 5.41) is 4.03. The lowest BCUT2D eigenvalue weighted by atomic mass is 9.88. The SMILES string of the molecule is CCC(Cc1ccc(Cl)cc1)c1ccc(N)cc1NC. The fraction of sp³-hybridized carbons (Fsp3) is 0.294. The van der Waals surface area contributed by atoms with Gasteiger partial charge in [0.25, 0.3) is 0 Å². The molecule has 1 atom stereocenters. The Balaban J connectivity index is 2.26. The van der Waals surface area contributed by atoms with Crippen LogP contribution in [0.4, 0.5) is 11.4 Å². The molecule has 0 saturated carbocycles. The second-order valence-corrected chi connectivity index (χ2v) is 5.47. The number of hydrogen-bond acceptors (Lipinski definition) is 2. The van der Waals surface area contributed by atoms with Gasteiger partial charge in [-0.25, -0.2) is 0 Å². The van der Waals surface area contributed by atoms with E-state index >= 15 is 0 Å². The van der Waals surface area contributed by atoms with E-state index in [9.17, 15) is 0 Å². The van der Waals surface area contributed by atoms with Gasteiger partial charge in [-0.15, -0.1) is 0 Å². The molecule has 0 aliphatic heterocycles. The van der Waals surface area contributed by atoms with E-state index in [1.165, 1.54) is 11.1 Å². The van der Waals surface area contributed by atoms with Crippen LogP contribution in [0.5, 0.6) is 0 Å². The molecule has 0 aliphatic carbocycles. The maximum atomic E-state index is 5.94. The fourth-order valence-electron chi connectivity index (χ4n) is 2.53. The standard InChI is InChI=1S/C17H21ClN2/c1-3-13(10-12-4-6-14(18)7-5-12)16-9-8-15(19)11-17(16)20-2/h4-9,11,13,20H,3,10,19H2,1-2H3. The van der Waals surface area contributed by atoms with Gasteiger partial charge >= 0.3 is 0 Å². The van der Waals surface area contributed by atoms with Gasteiger partial charge in [-0.3, -0.25) is 0 Å². The molecule has 106 valence electrons. The normalized spacial score (nSPS) is 12.2. The number of rotatable bonds is 5. The Labute approximate surface area is 126 Å². The van der Waals surface area contributed by atoms with Crippen molar-refractivity contribution in [3.05, 3.63) is 58.6 Å². The molecule has 0 radical (unpaired) electrons. The van der Waals surface area contributed by atoms with Gasteiger partial charge in [0.1, 0.15) is 0 Å². The highest BCUT2D eigenvalue weighted by Crippen LogP contribution is 2.31. The highest BCUT2D eigenvalue weighted by molar-refractivity contribution is 6.30. The second-order valence-electron chi connectivity index (χ2n) is 5.03. The molecule has 20 heavy (non-hydrogen) atoms. The van der Waals surface area contributed by atoms with Gasteiger partial charge in [-0.05, 0) is 54.2 Å². The summed E-state index contributed by atoms with van der Waals surface area (Å²) < 4.78 is 0. The molecule has 0 bridgehead atoms. The molecule has 2 aromatic carbocycles. The first kappa shape index (κ1) is 14.7. The van der Waals surface area contributed by atoms with Crippen LogP contribution in [0.1, 0.15) is 30.4 Å². The number of halogens is 1. The lowest BCUT2D eigenvalue weighted by Gasteiger charge is -2.19. The van der Waals surface area contributed by atoms with Gasteiger partial charge < -0.3 is 11.1 Å². The molecule has 0 amide bonds. The Morgan fingerprint density at radius 1 is 1.15 bits per heavy atom. The molecule has 0 heterocycles. The number of nitrogens with two attached hydrogens (primary N) is 1. The molecule has 0 aliphatic rings. The third kappa shape index (κ3) is 3.45. The molecule has 3 heteroatoms. The van der Waals surface area contributed by atoms with Crippen molar-refractivity contribution >= 4 is 23.0 Å². The largest absolute Gasteiger partial charge is 0.399 e. The van der Waals surface area contributed by atoms with E-state index in [0.29, 0.717) is 5.92 Å². The van der Waals surface area contributed by atoms with Crippen LogP contribution in [0.3, 0.4) is 0 Å². The Hall–Kier alpha value is -1.67. The Morgan fingerprint density at radius 2 is 1.85 bits per heavy atom. The lowest BCUT2D eigenvalue weighted by Crippen LogP contribution is -2.06. The molecule has 0 fully saturated rings. The van der Waals surface area contributed by atoms with Crippen LogP contribution in [0.15, 0.2) is 42.5 Å². The summed E-state index contributed by atoms with van der Waals surface area (Å²) in [4.78, 5) is 0. The third-order valence-corrected chi connectivity index (χ3v) is 3.93. The van der Waals surface area contributed by atoms with E-state index < -0.39 is 0 Å². The summed E-state index contributed by atoms with van der Waals surface area (Å²) in [6.45, 7) is 2.22. The minimum Gasteiger partial charge on any atom is -0.399 e. The highest BCUT2D eigenvalue weighted by atomic mass is 35.5. The van der Waals surface area contributed by atoms with Crippen molar-refractivity contribution in [2.45, 2.75) is 25.7 Å². The van der Waals surface area contributed by atoms with E-state index in [2.05, 4.69) is 30.4 Å². The van der Waals surface area contributed by atoms with Gasteiger partial charge in [0.05, 0.1) is 0 Å². The van der Waals surface area contributed by atoms with E-state index in [4.69, 9.17) is 17.3 Å². The minimum atomic E-state index is 0.472. The summed E-state index contributed by atoms with van der Waals surface area (Å²) in [6.07, 6.45) is 2.09. The number of nitrogen functional groups attached to an aromatic ring is 1. The fourth-order valence-corrected chi connectivity index (χ4v) is 2.65.